The maximum Gasteiger partial charge on any atom is 0.416 e. The molecule has 0 aliphatic heterocycles. The fourth-order valence-electron chi connectivity index (χ4n) is 1.50. The summed E-state index contributed by atoms with van der Waals surface area (Å²) in [7, 11) is 0. The highest BCUT2D eigenvalue weighted by atomic mass is 32.1. The molecule has 0 atom stereocenters. The smallest absolute Gasteiger partial charge is 0.376 e. The normalized spacial score (nSPS) is 10.9. The van der Waals surface area contributed by atoms with E-state index in [4.69, 9.17) is 11.5 Å². The van der Waals surface area contributed by atoms with E-state index in [2.05, 4.69) is 35.1 Å². The van der Waals surface area contributed by atoms with Crippen LogP contribution in [-0.4, -0.2) is 10.2 Å². The third-order valence-corrected chi connectivity index (χ3v) is 2.73. The van der Waals surface area contributed by atoms with Gasteiger partial charge in [0, 0.05) is 13.1 Å². The van der Waals surface area contributed by atoms with Gasteiger partial charge in [0.15, 0.2) is 10.2 Å². The standard InChI is InChI=1S/C11H13F3N4S2/c12-11(13,14)8-2-1-6(4-17-9(15)19)7(3-8)5-18-10(16)20/h1-3H,4-5H2,(H3,15,17,19)(H3,16,18,20). The van der Waals surface area contributed by atoms with Gasteiger partial charge in [0.1, 0.15) is 0 Å². The van der Waals surface area contributed by atoms with E-state index in [9.17, 15) is 13.2 Å². The number of thiocarbonyl (C=S) groups is 2. The molecule has 0 spiro atoms. The minimum atomic E-state index is -4.41. The first-order valence-electron chi connectivity index (χ1n) is 5.45. The Balaban J connectivity index is 3.02. The fourth-order valence-corrected chi connectivity index (χ4v) is 1.65. The van der Waals surface area contributed by atoms with E-state index in [1.807, 2.05) is 0 Å². The van der Waals surface area contributed by atoms with E-state index in [0.717, 1.165) is 12.1 Å². The maximum atomic E-state index is 12.7. The van der Waals surface area contributed by atoms with Crippen molar-refractivity contribution in [3.63, 3.8) is 0 Å². The summed E-state index contributed by atoms with van der Waals surface area (Å²) in [4.78, 5) is 0. The van der Waals surface area contributed by atoms with Crippen LogP contribution in [0.25, 0.3) is 0 Å². The second-order valence-electron chi connectivity index (χ2n) is 3.92. The van der Waals surface area contributed by atoms with E-state index in [1.54, 1.807) is 0 Å². The van der Waals surface area contributed by atoms with Crippen molar-refractivity contribution in [3.8, 4) is 0 Å². The van der Waals surface area contributed by atoms with Crippen molar-refractivity contribution < 1.29 is 13.2 Å². The molecule has 0 radical (unpaired) electrons. The zero-order valence-corrected chi connectivity index (χ0v) is 11.9. The molecule has 4 nitrogen and oxygen atoms in total. The van der Waals surface area contributed by atoms with Gasteiger partial charge in [-0.3, -0.25) is 0 Å². The van der Waals surface area contributed by atoms with Crippen molar-refractivity contribution in [3.05, 3.63) is 34.9 Å². The van der Waals surface area contributed by atoms with Crippen LogP contribution < -0.4 is 22.1 Å². The SMILES string of the molecule is NC(=S)NCc1ccc(C(F)(F)F)cc1CNC(N)=S. The van der Waals surface area contributed by atoms with Crippen molar-refractivity contribution >= 4 is 34.7 Å². The molecule has 110 valence electrons. The topological polar surface area (TPSA) is 76.1 Å². The van der Waals surface area contributed by atoms with Crippen LogP contribution in [0.3, 0.4) is 0 Å². The molecule has 0 unspecified atom stereocenters. The van der Waals surface area contributed by atoms with Crippen LogP contribution in [0.1, 0.15) is 16.7 Å². The van der Waals surface area contributed by atoms with Crippen LogP contribution >= 0.6 is 24.4 Å². The van der Waals surface area contributed by atoms with Crippen molar-refractivity contribution in [1.82, 2.24) is 10.6 Å². The molecule has 0 saturated heterocycles. The van der Waals surface area contributed by atoms with Crippen LogP contribution in [0.5, 0.6) is 0 Å². The van der Waals surface area contributed by atoms with Gasteiger partial charge in [-0.2, -0.15) is 13.2 Å². The van der Waals surface area contributed by atoms with Crippen molar-refractivity contribution in [2.45, 2.75) is 19.3 Å². The number of rotatable bonds is 4. The summed E-state index contributed by atoms with van der Waals surface area (Å²) < 4.78 is 38.1. The summed E-state index contributed by atoms with van der Waals surface area (Å²) in [5.41, 5.74) is 10.9. The van der Waals surface area contributed by atoms with Crippen LogP contribution in [0, 0.1) is 0 Å². The highest BCUT2D eigenvalue weighted by Crippen LogP contribution is 2.30. The predicted molar refractivity (Wildman–Crippen MR) is 78.7 cm³/mol. The zero-order valence-electron chi connectivity index (χ0n) is 10.3. The van der Waals surface area contributed by atoms with E-state index in [0.29, 0.717) is 11.1 Å². The number of nitrogens with one attached hydrogen (secondary N) is 2. The molecule has 0 heterocycles. The Morgan fingerprint density at radius 3 is 1.95 bits per heavy atom. The summed E-state index contributed by atoms with van der Waals surface area (Å²) >= 11 is 9.30. The summed E-state index contributed by atoms with van der Waals surface area (Å²) in [5.74, 6) is 0. The maximum absolute atomic E-state index is 12.7. The van der Waals surface area contributed by atoms with Crippen molar-refractivity contribution in [2.24, 2.45) is 11.5 Å². The average molecular weight is 322 g/mol. The van der Waals surface area contributed by atoms with Gasteiger partial charge in [0.25, 0.3) is 0 Å². The Kier molecular flexibility index (Phi) is 5.52. The van der Waals surface area contributed by atoms with Gasteiger partial charge < -0.3 is 22.1 Å². The van der Waals surface area contributed by atoms with Gasteiger partial charge in [0.05, 0.1) is 5.56 Å². The lowest BCUT2D eigenvalue weighted by Gasteiger charge is -2.15. The Bertz CT molecular complexity index is 517. The third kappa shape index (κ3) is 5.17. The Morgan fingerprint density at radius 1 is 1.00 bits per heavy atom. The lowest BCUT2D eigenvalue weighted by atomic mass is 10.0. The first kappa shape index (κ1) is 16.4. The second kappa shape index (κ2) is 6.71. The fraction of sp³-hybridized carbons (Fsp3) is 0.273. The molecule has 1 aromatic rings. The molecule has 0 aliphatic carbocycles. The third-order valence-electron chi connectivity index (χ3n) is 2.44. The monoisotopic (exact) mass is 322 g/mol. The van der Waals surface area contributed by atoms with Gasteiger partial charge in [-0.25, -0.2) is 0 Å². The molecule has 0 bridgehead atoms. The first-order valence-corrected chi connectivity index (χ1v) is 6.27. The van der Waals surface area contributed by atoms with Crippen LogP contribution in [0.15, 0.2) is 18.2 Å². The van der Waals surface area contributed by atoms with Crippen LogP contribution in [0.4, 0.5) is 13.2 Å². The van der Waals surface area contributed by atoms with Crippen molar-refractivity contribution in [2.75, 3.05) is 0 Å². The summed E-state index contributed by atoms with van der Waals surface area (Å²) in [6.07, 6.45) is -4.41. The Labute approximate surface area is 124 Å². The molecule has 0 aromatic heterocycles. The second-order valence-corrected chi connectivity index (χ2v) is 4.80. The molecule has 9 heteroatoms. The summed E-state index contributed by atoms with van der Waals surface area (Å²) in [6.45, 7) is 0.315. The summed E-state index contributed by atoms with van der Waals surface area (Å²) in [6, 6.07) is 3.41. The van der Waals surface area contributed by atoms with Crippen LogP contribution in [0.2, 0.25) is 0 Å². The largest absolute Gasteiger partial charge is 0.416 e. The van der Waals surface area contributed by atoms with Gasteiger partial charge >= 0.3 is 6.18 Å². The Hall–Kier alpha value is -1.61. The quantitative estimate of drug-likeness (QED) is 0.628. The molecule has 1 rings (SSSR count). The van der Waals surface area contributed by atoms with Gasteiger partial charge in [-0.1, -0.05) is 6.07 Å². The number of hydrogen-bond donors (Lipinski definition) is 4. The van der Waals surface area contributed by atoms with Crippen LogP contribution in [-0.2, 0) is 19.3 Å². The zero-order chi connectivity index (χ0) is 15.3. The van der Waals surface area contributed by atoms with Gasteiger partial charge in [-0.15, -0.1) is 0 Å². The number of alkyl halides is 3. The number of hydrogen-bond acceptors (Lipinski definition) is 2. The molecule has 6 N–H and O–H groups in total. The minimum absolute atomic E-state index is 0.00988. The number of halogens is 3. The molecule has 1 aromatic carbocycles. The lowest BCUT2D eigenvalue weighted by Crippen LogP contribution is -2.31. The molecular formula is C11H13F3N4S2. The predicted octanol–water partition coefficient (Wildman–Crippen LogP) is 1.37. The minimum Gasteiger partial charge on any atom is -0.376 e. The molecular weight excluding hydrogens is 309 g/mol. The highest BCUT2D eigenvalue weighted by molar-refractivity contribution is 7.80. The molecule has 20 heavy (non-hydrogen) atoms. The Morgan fingerprint density at radius 2 is 1.50 bits per heavy atom. The van der Waals surface area contributed by atoms with Gasteiger partial charge in [0.2, 0.25) is 0 Å². The number of benzene rings is 1. The van der Waals surface area contributed by atoms with Crippen molar-refractivity contribution in [1.29, 1.82) is 0 Å². The van der Waals surface area contributed by atoms with E-state index in [-0.39, 0.29) is 23.3 Å². The average Bonchev–Trinajstić information content (AvgIpc) is 2.32. The molecule has 0 aliphatic rings. The van der Waals surface area contributed by atoms with Gasteiger partial charge in [-0.05, 0) is 47.7 Å². The van der Waals surface area contributed by atoms with E-state index in [1.165, 1.54) is 6.07 Å². The van der Waals surface area contributed by atoms with E-state index >= 15 is 0 Å². The molecule has 0 saturated carbocycles. The molecule has 0 fully saturated rings. The summed E-state index contributed by atoms with van der Waals surface area (Å²) in [5, 5.41) is 5.38. The highest BCUT2D eigenvalue weighted by Gasteiger charge is 2.30. The van der Waals surface area contributed by atoms with E-state index < -0.39 is 11.7 Å². The number of nitrogens with two attached hydrogens (primary N) is 2. The molecule has 0 amide bonds. The first-order chi connectivity index (χ1) is 9.20. The lowest BCUT2D eigenvalue weighted by molar-refractivity contribution is -0.137.